The summed E-state index contributed by atoms with van der Waals surface area (Å²) in [6.07, 6.45) is 2.09. The van der Waals surface area contributed by atoms with Crippen molar-refractivity contribution in [3.8, 4) is 5.75 Å². The number of halogens is 2. The molecule has 0 aliphatic carbocycles. The summed E-state index contributed by atoms with van der Waals surface area (Å²) in [7, 11) is 0. The number of ether oxygens (including phenoxy) is 1. The maximum atomic E-state index is 6.13. The Kier molecular flexibility index (Phi) is 4.50. The van der Waals surface area contributed by atoms with E-state index >= 15 is 0 Å². The van der Waals surface area contributed by atoms with E-state index in [2.05, 4.69) is 27.4 Å². The molecule has 2 aromatic rings. The van der Waals surface area contributed by atoms with E-state index in [-0.39, 0.29) is 6.04 Å². The van der Waals surface area contributed by atoms with E-state index in [1.807, 2.05) is 30.3 Å². The topological polar surface area (TPSA) is 47.3 Å². The zero-order valence-corrected chi connectivity index (χ0v) is 13.7. The molecule has 21 heavy (non-hydrogen) atoms. The van der Waals surface area contributed by atoms with Gasteiger partial charge in [-0.25, -0.2) is 5.43 Å². The summed E-state index contributed by atoms with van der Waals surface area (Å²) < 4.78 is 6.85. The van der Waals surface area contributed by atoms with Crippen LogP contribution in [0, 0.1) is 0 Å². The molecule has 2 aromatic carbocycles. The molecule has 3 nitrogen and oxygen atoms in total. The van der Waals surface area contributed by atoms with Gasteiger partial charge in [-0.15, -0.1) is 0 Å². The van der Waals surface area contributed by atoms with Crippen molar-refractivity contribution in [3.05, 3.63) is 62.6 Å². The maximum Gasteiger partial charge on any atom is 0.127 e. The van der Waals surface area contributed by atoms with Crippen molar-refractivity contribution in [1.29, 1.82) is 0 Å². The van der Waals surface area contributed by atoms with Gasteiger partial charge in [-0.3, -0.25) is 5.84 Å². The fourth-order valence-electron chi connectivity index (χ4n) is 2.72. The average Bonchev–Trinajstić information content (AvgIpc) is 2.51. The number of nitrogens with one attached hydrogen (secondary N) is 1. The Labute approximate surface area is 137 Å². The van der Waals surface area contributed by atoms with Gasteiger partial charge in [0, 0.05) is 15.1 Å². The molecule has 1 atom stereocenters. The van der Waals surface area contributed by atoms with E-state index in [0.717, 1.165) is 40.8 Å². The Balaban J connectivity index is 2.10. The third kappa shape index (κ3) is 2.94. The molecular formula is C16H16BrClN2O. The molecule has 0 amide bonds. The quantitative estimate of drug-likeness (QED) is 0.637. The van der Waals surface area contributed by atoms with Crippen molar-refractivity contribution in [2.75, 3.05) is 6.61 Å². The van der Waals surface area contributed by atoms with E-state index < -0.39 is 0 Å². The summed E-state index contributed by atoms with van der Waals surface area (Å²) in [6, 6.07) is 11.7. The molecule has 1 aliphatic rings. The molecule has 5 heteroatoms. The van der Waals surface area contributed by atoms with E-state index in [4.69, 9.17) is 22.2 Å². The fourth-order valence-corrected chi connectivity index (χ4v) is 3.38. The minimum Gasteiger partial charge on any atom is -0.493 e. The van der Waals surface area contributed by atoms with Crippen LogP contribution < -0.4 is 16.0 Å². The summed E-state index contributed by atoms with van der Waals surface area (Å²) in [5.41, 5.74) is 6.15. The Morgan fingerprint density at radius 2 is 2.10 bits per heavy atom. The van der Waals surface area contributed by atoms with E-state index in [1.54, 1.807) is 0 Å². The molecule has 0 spiro atoms. The smallest absolute Gasteiger partial charge is 0.127 e. The number of hydrogen-bond donors (Lipinski definition) is 2. The maximum absolute atomic E-state index is 6.13. The molecule has 0 saturated heterocycles. The van der Waals surface area contributed by atoms with Gasteiger partial charge < -0.3 is 4.74 Å². The lowest BCUT2D eigenvalue weighted by atomic mass is 9.94. The van der Waals surface area contributed by atoms with E-state index in [0.29, 0.717) is 5.02 Å². The Bertz CT molecular complexity index is 663. The summed E-state index contributed by atoms with van der Waals surface area (Å²) in [4.78, 5) is 0. The first-order valence-corrected chi connectivity index (χ1v) is 8.03. The predicted octanol–water partition coefficient (Wildman–Crippen LogP) is 3.98. The lowest BCUT2D eigenvalue weighted by Gasteiger charge is -2.25. The van der Waals surface area contributed by atoms with Crippen LogP contribution in [-0.2, 0) is 6.42 Å². The number of para-hydroxylation sites is 1. The van der Waals surface area contributed by atoms with Gasteiger partial charge in [0.05, 0.1) is 12.6 Å². The van der Waals surface area contributed by atoms with Gasteiger partial charge in [0.25, 0.3) is 0 Å². The molecule has 1 heterocycles. The van der Waals surface area contributed by atoms with E-state index in [1.165, 1.54) is 5.56 Å². The predicted molar refractivity (Wildman–Crippen MR) is 88.6 cm³/mol. The van der Waals surface area contributed by atoms with Gasteiger partial charge in [-0.1, -0.05) is 45.7 Å². The average molecular weight is 368 g/mol. The third-order valence-electron chi connectivity index (χ3n) is 3.71. The van der Waals surface area contributed by atoms with Crippen LogP contribution in [0.5, 0.6) is 5.75 Å². The second kappa shape index (κ2) is 6.36. The number of benzene rings is 2. The first-order chi connectivity index (χ1) is 10.2. The first-order valence-electron chi connectivity index (χ1n) is 6.86. The summed E-state index contributed by atoms with van der Waals surface area (Å²) in [6.45, 7) is 0.748. The largest absolute Gasteiger partial charge is 0.493 e. The number of aryl methyl sites for hydroxylation is 1. The van der Waals surface area contributed by atoms with Gasteiger partial charge in [0.15, 0.2) is 0 Å². The van der Waals surface area contributed by atoms with Crippen LogP contribution in [0.4, 0.5) is 0 Å². The number of hydrogen-bond acceptors (Lipinski definition) is 3. The third-order valence-corrected chi connectivity index (χ3v) is 4.67. The van der Waals surface area contributed by atoms with Crippen molar-refractivity contribution in [2.45, 2.75) is 18.9 Å². The molecule has 3 N–H and O–H groups in total. The number of nitrogens with two attached hydrogens (primary N) is 1. The molecule has 0 fully saturated rings. The highest BCUT2D eigenvalue weighted by atomic mass is 79.9. The summed E-state index contributed by atoms with van der Waals surface area (Å²) in [5, 5.41) is 0.680. The fraction of sp³-hybridized carbons (Fsp3) is 0.250. The summed E-state index contributed by atoms with van der Waals surface area (Å²) in [5.74, 6) is 6.76. The lowest BCUT2D eigenvalue weighted by Crippen LogP contribution is -2.30. The highest BCUT2D eigenvalue weighted by Gasteiger charge is 2.23. The van der Waals surface area contributed by atoms with Crippen LogP contribution in [0.3, 0.4) is 0 Å². The van der Waals surface area contributed by atoms with Crippen LogP contribution in [0.2, 0.25) is 5.02 Å². The minimum absolute atomic E-state index is 0.175. The van der Waals surface area contributed by atoms with Gasteiger partial charge in [0.2, 0.25) is 0 Å². The second-order valence-corrected chi connectivity index (χ2v) is 6.34. The van der Waals surface area contributed by atoms with Crippen molar-refractivity contribution in [3.63, 3.8) is 0 Å². The Morgan fingerprint density at radius 1 is 1.24 bits per heavy atom. The van der Waals surface area contributed by atoms with Crippen LogP contribution in [0.25, 0.3) is 0 Å². The molecule has 110 valence electrons. The normalized spacial score (nSPS) is 15.2. The first kappa shape index (κ1) is 14.9. The van der Waals surface area contributed by atoms with Crippen molar-refractivity contribution in [1.82, 2.24) is 5.43 Å². The van der Waals surface area contributed by atoms with Gasteiger partial charge >= 0.3 is 0 Å². The van der Waals surface area contributed by atoms with Crippen molar-refractivity contribution >= 4 is 27.5 Å². The second-order valence-electron chi connectivity index (χ2n) is 5.05. The lowest BCUT2D eigenvalue weighted by molar-refractivity contribution is 0.283. The highest BCUT2D eigenvalue weighted by molar-refractivity contribution is 9.10. The van der Waals surface area contributed by atoms with Crippen molar-refractivity contribution < 1.29 is 4.74 Å². The number of rotatable bonds is 3. The SMILES string of the molecule is NNC(c1cc(Cl)ccc1Br)c1cccc2c1OCCC2. The van der Waals surface area contributed by atoms with Crippen molar-refractivity contribution in [2.24, 2.45) is 5.84 Å². The Morgan fingerprint density at radius 3 is 2.90 bits per heavy atom. The molecule has 0 aromatic heterocycles. The molecule has 1 aliphatic heterocycles. The monoisotopic (exact) mass is 366 g/mol. The number of hydrazine groups is 1. The van der Waals surface area contributed by atoms with Gasteiger partial charge in [-0.2, -0.15) is 0 Å². The van der Waals surface area contributed by atoms with Crippen LogP contribution in [-0.4, -0.2) is 6.61 Å². The summed E-state index contributed by atoms with van der Waals surface area (Å²) >= 11 is 9.70. The highest BCUT2D eigenvalue weighted by Crippen LogP contribution is 2.38. The zero-order chi connectivity index (χ0) is 14.8. The molecular weight excluding hydrogens is 352 g/mol. The number of fused-ring (bicyclic) bond motifs is 1. The molecule has 3 rings (SSSR count). The molecule has 1 unspecified atom stereocenters. The molecule has 0 bridgehead atoms. The molecule has 0 radical (unpaired) electrons. The van der Waals surface area contributed by atoms with Crippen LogP contribution >= 0.6 is 27.5 Å². The van der Waals surface area contributed by atoms with Crippen LogP contribution in [0.15, 0.2) is 40.9 Å². The minimum atomic E-state index is -0.175. The molecule has 0 saturated carbocycles. The van der Waals surface area contributed by atoms with Crippen LogP contribution in [0.1, 0.15) is 29.2 Å². The Hall–Kier alpha value is -1.07. The van der Waals surface area contributed by atoms with E-state index in [9.17, 15) is 0 Å². The standard InChI is InChI=1S/C16H16BrClN2O/c17-14-7-6-11(18)9-13(14)15(20-19)12-5-1-3-10-4-2-8-21-16(10)12/h1,3,5-7,9,15,20H,2,4,8,19H2. The van der Waals surface area contributed by atoms with Gasteiger partial charge in [-0.05, 0) is 42.2 Å². The van der Waals surface area contributed by atoms with Gasteiger partial charge in [0.1, 0.15) is 5.75 Å². The zero-order valence-electron chi connectivity index (χ0n) is 11.4.